The van der Waals surface area contributed by atoms with Crippen molar-refractivity contribution in [2.45, 2.75) is 18.2 Å². The summed E-state index contributed by atoms with van der Waals surface area (Å²) >= 11 is 1.76. The number of carbonyl (C=O) groups is 1. The molecule has 1 rings (SSSR count). The SMILES string of the molecule is COc1cccc(SCCC=CC(C)=O)c1. The van der Waals surface area contributed by atoms with Crippen molar-refractivity contribution in [3.63, 3.8) is 0 Å². The van der Waals surface area contributed by atoms with Gasteiger partial charge in [-0.1, -0.05) is 12.1 Å². The number of allylic oxidation sites excluding steroid dienone is 2. The zero-order valence-corrected chi connectivity index (χ0v) is 10.4. The van der Waals surface area contributed by atoms with E-state index in [9.17, 15) is 4.79 Å². The zero-order chi connectivity index (χ0) is 11.8. The fraction of sp³-hybridized carbons (Fsp3) is 0.308. The van der Waals surface area contributed by atoms with Gasteiger partial charge in [-0.05, 0) is 37.6 Å². The fourth-order valence-electron chi connectivity index (χ4n) is 1.19. The number of ether oxygens (including phenoxy) is 1. The van der Waals surface area contributed by atoms with Crippen molar-refractivity contribution in [1.82, 2.24) is 0 Å². The van der Waals surface area contributed by atoms with E-state index >= 15 is 0 Å². The van der Waals surface area contributed by atoms with Gasteiger partial charge in [-0.2, -0.15) is 0 Å². The Bertz CT molecular complexity index is 372. The van der Waals surface area contributed by atoms with Crippen molar-refractivity contribution in [1.29, 1.82) is 0 Å². The smallest absolute Gasteiger partial charge is 0.152 e. The number of methoxy groups -OCH3 is 1. The molecule has 2 nitrogen and oxygen atoms in total. The first-order valence-corrected chi connectivity index (χ1v) is 6.15. The summed E-state index contributed by atoms with van der Waals surface area (Å²) in [7, 11) is 1.67. The minimum Gasteiger partial charge on any atom is -0.497 e. The molecule has 0 atom stereocenters. The molecule has 3 heteroatoms. The number of benzene rings is 1. The van der Waals surface area contributed by atoms with Crippen LogP contribution in [0.2, 0.25) is 0 Å². The highest BCUT2D eigenvalue weighted by Crippen LogP contribution is 2.23. The average Bonchev–Trinajstić information content (AvgIpc) is 2.28. The van der Waals surface area contributed by atoms with Gasteiger partial charge in [0.2, 0.25) is 0 Å². The lowest BCUT2D eigenvalue weighted by molar-refractivity contribution is -0.112. The van der Waals surface area contributed by atoms with E-state index in [1.54, 1.807) is 31.9 Å². The molecule has 1 aromatic carbocycles. The first-order valence-electron chi connectivity index (χ1n) is 5.16. The maximum absolute atomic E-state index is 10.7. The van der Waals surface area contributed by atoms with E-state index in [4.69, 9.17) is 4.74 Å². The van der Waals surface area contributed by atoms with Crippen LogP contribution in [0.25, 0.3) is 0 Å². The van der Waals surface area contributed by atoms with Crippen molar-refractivity contribution < 1.29 is 9.53 Å². The number of hydrogen-bond donors (Lipinski definition) is 0. The van der Waals surface area contributed by atoms with Gasteiger partial charge in [0, 0.05) is 10.6 Å². The molecule has 0 N–H and O–H groups in total. The molecule has 1 aromatic rings. The fourth-order valence-corrected chi connectivity index (χ4v) is 2.05. The van der Waals surface area contributed by atoms with Gasteiger partial charge < -0.3 is 4.74 Å². The summed E-state index contributed by atoms with van der Waals surface area (Å²) in [5.41, 5.74) is 0. The second-order valence-corrected chi connectivity index (χ2v) is 4.50. The van der Waals surface area contributed by atoms with Crippen LogP contribution in [0.3, 0.4) is 0 Å². The molecule has 0 spiro atoms. The highest BCUT2D eigenvalue weighted by Gasteiger charge is 1.95. The molecular formula is C13H16O2S. The molecule has 0 saturated heterocycles. The Morgan fingerprint density at radius 1 is 1.50 bits per heavy atom. The van der Waals surface area contributed by atoms with E-state index in [1.165, 1.54) is 4.90 Å². The van der Waals surface area contributed by atoms with Gasteiger partial charge in [0.1, 0.15) is 5.75 Å². The number of thioether (sulfide) groups is 1. The molecule has 0 aliphatic carbocycles. The largest absolute Gasteiger partial charge is 0.497 e. The molecule has 0 aromatic heterocycles. The van der Waals surface area contributed by atoms with E-state index in [2.05, 4.69) is 6.07 Å². The van der Waals surface area contributed by atoms with E-state index in [1.807, 2.05) is 24.3 Å². The summed E-state index contributed by atoms with van der Waals surface area (Å²) in [6.07, 6.45) is 4.43. The molecule has 0 aliphatic heterocycles. The summed E-state index contributed by atoms with van der Waals surface area (Å²) in [6, 6.07) is 7.98. The van der Waals surface area contributed by atoms with Gasteiger partial charge in [-0.3, -0.25) is 4.79 Å². The molecule has 0 heterocycles. The van der Waals surface area contributed by atoms with Crippen LogP contribution in [0.15, 0.2) is 41.3 Å². The summed E-state index contributed by atoms with van der Waals surface area (Å²) in [4.78, 5) is 11.8. The van der Waals surface area contributed by atoms with Gasteiger partial charge >= 0.3 is 0 Å². The van der Waals surface area contributed by atoms with E-state index in [0.717, 1.165) is 17.9 Å². The van der Waals surface area contributed by atoms with Crippen LogP contribution in [-0.2, 0) is 4.79 Å². The average molecular weight is 236 g/mol. The van der Waals surface area contributed by atoms with Gasteiger partial charge in [-0.15, -0.1) is 11.8 Å². The maximum Gasteiger partial charge on any atom is 0.152 e. The van der Waals surface area contributed by atoms with Crippen molar-refractivity contribution in [3.8, 4) is 5.75 Å². The zero-order valence-electron chi connectivity index (χ0n) is 9.60. The molecular weight excluding hydrogens is 220 g/mol. The Balaban J connectivity index is 2.34. The molecule has 86 valence electrons. The van der Waals surface area contributed by atoms with Gasteiger partial charge in [0.25, 0.3) is 0 Å². The number of hydrogen-bond acceptors (Lipinski definition) is 3. The summed E-state index contributed by atoms with van der Waals surface area (Å²) in [5, 5.41) is 0. The maximum atomic E-state index is 10.7. The molecule has 0 amide bonds. The van der Waals surface area contributed by atoms with E-state index in [-0.39, 0.29) is 5.78 Å². The van der Waals surface area contributed by atoms with Crippen LogP contribution < -0.4 is 4.74 Å². The molecule has 16 heavy (non-hydrogen) atoms. The molecule has 0 aliphatic rings. The Hall–Kier alpha value is -1.22. The first-order chi connectivity index (χ1) is 7.72. The van der Waals surface area contributed by atoms with E-state index < -0.39 is 0 Å². The third-order valence-electron chi connectivity index (χ3n) is 1.95. The lowest BCUT2D eigenvalue weighted by Crippen LogP contribution is -1.84. The van der Waals surface area contributed by atoms with Crippen molar-refractivity contribution in [3.05, 3.63) is 36.4 Å². The lowest BCUT2D eigenvalue weighted by Gasteiger charge is -2.02. The highest BCUT2D eigenvalue weighted by atomic mass is 32.2. The third-order valence-corrected chi connectivity index (χ3v) is 2.97. The van der Waals surface area contributed by atoms with Crippen molar-refractivity contribution in [2.75, 3.05) is 12.9 Å². The first kappa shape index (κ1) is 12.8. The van der Waals surface area contributed by atoms with Crippen LogP contribution in [0.5, 0.6) is 5.75 Å². The Labute approximate surface area is 101 Å². The molecule has 0 saturated carbocycles. The van der Waals surface area contributed by atoms with Crippen LogP contribution >= 0.6 is 11.8 Å². The van der Waals surface area contributed by atoms with Gasteiger partial charge in [-0.25, -0.2) is 0 Å². The second kappa shape index (κ2) is 7.12. The Morgan fingerprint density at radius 3 is 3.00 bits per heavy atom. The standard InChI is InChI=1S/C13H16O2S/c1-11(14)6-3-4-9-16-13-8-5-7-12(10-13)15-2/h3,5-8,10H,4,9H2,1-2H3. The van der Waals surface area contributed by atoms with E-state index in [0.29, 0.717) is 0 Å². The van der Waals surface area contributed by atoms with Crippen molar-refractivity contribution in [2.24, 2.45) is 0 Å². The molecule has 0 unspecified atom stereocenters. The number of ketones is 1. The summed E-state index contributed by atoms with van der Waals surface area (Å²) < 4.78 is 5.14. The quantitative estimate of drug-likeness (QED) is 0.430. The minimum atomic E-state index is 0.103. The van der Waals surface area contributed by atoms with Gasteiger partial charge in [0.05, 0.1) is 7.11 Å². The highest BCUT2D eigenvalue weighted by molar-refractivity contribution is 7.99. The molecule has 0 radical (unpaired) electrons. The number of rotatable bonds is 6. The monoisotopic (exact) mass is 236 g/mol. The van der Waals surface area contributed by atoms with Crippen LogP contribution in [0.4, 0.5) is 0 Å². The normalized spacial score (nSPS) is 10.6. The van der Waals surface area contributed by atoms with Crippen LogP contribution in [0, 0.1) is 0 Å². The Morgan fingerprint density at radius 2 is 2.31 bits per heavy atom. The lowest BCUT2D eigenvalue weighted by atomic mass is 10.3. The summed E-state index contributed by atoms with van der Waals surface area (Å²) in [6.45, 7) is 1.56. The topological polar surface area (TPSA) is 26.3 Å². The number of carbonyl (C=O) groups excluding carboxylic acids is 1. The molecule has 0 fully saturated rings. The van der Waals surface area contributed by atoms with Crippen molar-refractivity contribution >= 4 is 17.5 Å². The summed E-state index contributed by atoms with van der Waals surface area (Å²) in [5.74, 6) is 1.95. The second-order valence-electron chi connectivity index (χ2n) is 3.33. The third kappa shape index (κ3) is 5.03. The van der Waals surface area contributed by atoms with Crippen LogP contribution in [-0.4, -0.2) is 18.6 Å². The minimum absolute atomic E-state index is 0.103. The Kier molecular flexibility index (Phi) is 5.72. The van der Waals surface area contributed by atoms with Crippen LogP contribution in [0.1, 0.15) is 13.3 Å². The van der Waals surface area contributed by atoms with Gasteiger partial charge in [0.15, 0.2) is 5.78 Å². The molecule has 0 bridgehead atoms. The predicted octanol–water partition coefficient (Wildman–Crippen LogP) is 3.32. The predicted molar refractivity (Wildman–Crippen MR) is 68.2 cm³/mol.